The molecule has 0 aliphatic carbocycles. The van der Waals surface area contributed by atoms with Gasteiger partial charge >= 0.3 is 0 Å². The van der Waals surface area contributed by atoms with Crippen molar-refractivity contribution in [1.29, 1.82) is 0 Å². The number of rotatable bonds is 4. The van der Waals surface area contributed by atoms with Crippen molar-refractivity contribution in [2.24, 2.45) is 0 Å². The molecule has 0 bridgehead atoms. The normalized spacial score (nSPS) is 14.8. The van der Waals surface area contributed by atoms with Gasteiger partial charge in [0.25, 0.3) is 0 Å². The molecule has 0 saturated carbocycles. The molecule has 0 unspecified atom stereocenters. The zero-order valence-electron chi connectivity index (χ0n) is 13.3. The standard InChI is InChI=1S/C20H23NO2/c22-13-15-1-5-17(6-2-15)20(19-9-11-21-12-10-19)18-7-3-16(14-23)4-8-18/h1-8,21-23H,9-14H2. The van der Waals surface area contributed by atoms with Crippen LogP contribution in [0.25, 0.3) is 5.57 Å². The van der Waals surface area contributed by atoms with E-state index >= 15 is 0 Å². The summed E-state index contributed by atoms with van der Waals surface area (Å²) in [6.07, 6.45) is 2.11. The van der Waals surface area contributed by atoms with Crippen molar-refractivity contribution >= 4 is 5.57 Å². The van der Waals surface area contributed by atoms with E-state index in [4.69, 9.17) is 0 Å². The SMILES string of the molecule is OCc1ccc(C(=C2CCNCC2)c2ccc(CO)cc2)cc1. The fourth-order valence-electron chi connectivity index (χ4n) is 3.11. The molecule has 1 saturated heterocycles. The van der Waals surface area contributed by atoms with Crippen molar-refractivity contribution in [1.82, 2.24) is 5.32 Å². The zero-order chi connectivity index (χ0) is 16.1. The Labute approximate surface area is 137 Å². The summed E-state index contributed by atoms with van der Waals surface area (Å²) in [5.74, 6) is 0. The summed E-state index contributed by atoms with van der Waals surface area (Å²) in [4.78, 5) is 0. The first-order valence-electron chi connectivity index (χ1n) is 8.15. The van der Waals surface area contributed by atoms with Crippen LogP contribution in [-0.4, -0.2) is 23.3 Å². The van der Waals surface area contributed by atoms with Gasteiger partial charge in [-0.3, -0.25) is 0 Å². The second-order valence-corrected chi connectivity index (χ2v) is 5.94. The number of hydrogen-bond acceptors (Lipinski definition) is 3. The second-order valence-electron chi connectivity index (χ2n) is 5.94. The Balaban J connectivity index is 2.05. The number of aliphatic hydroxyl groups excluding tert-OH is 2. The van der Waals surface area contributed by atoms with E-state index in [2.05, 4.69) is 29.6 Å². The maximum Gasteiger partial charge on any atom is 0.0681 e. The molecule has 1 heterocycles. The highest BCUT2D eigenvalue weighted by atomic mass is 16.3. The quantitative estimate of drug-likeness (QED) is 0.814. The molecule has 3 nitrogen and oxygen atoms in total. The highest BCUT2D eigenvalue weighted by molar-refractivity contribution is 5.82. The maximum atomic E-state index is 9.25. The van der Waals surface area contributed by atoms with Crippen LogP contribution in [0.3, 0.4) is 0 Å². The number of benzene rings is 2. The fourth-order valence-corrected chi connectivity index (χ4v) is 3.11. The van der Waals surface area contributed by atoms with Crippen molar-refractivity contribution in [3.63, 3.8) is 0 Å². The van der Waals surface area contributed by atoms with E-state index in [9.17, 15) is 10.2 Å². The summed E-state index contributed by atoms with van der Waals surface area (Å²) in [6, 6.07) is 16.3. The van der Waals surface area contributed by atoms with Gasteiger partial charge in [-0.25, -0.2) is 0 Å². The van der Waals surface area contributed by atoms with E-state index in [1.165, 1.54) is 22.3 Å². The Morgan fingerprint density at radius 3 is 1.57 bits per heavy atom. The smallest absolute Gasteiger partial charge is 0.0681 e. The molecule has 0 spiro atoms. The Kier molecular flexibility index (Phi) is 5.23. The third kappa shape index (κ3) is 3.70. The minimum absolute atomic E-state index is 0.0707. The molecule has 0 radical (unpaired) electrons. The van der Waals surface area contributed by atoms with Crippen molar-refractivity contribution in [3.05, 3.63) is 76.4 Å². The third-order valence-electron chi connectivity index (χ3n) is 4.41. The van der Waals surface area contributed by atoms with E-state index in [-0.39, 0.29) is 13.2 Å². The Morgan fingerprint density at radius 2 is 1.17 bits per heavy atom. The summed E-state index contributed by atoms with van der Waals surface area (Å²) in [5, 5.41) is 21.9. The van der Waals surface area contributed by atoms with Crippen LogP contribution in [0.4, 0.5) is 0 Å². The van der Waals surface area contributed by atoms with Crippen molar-refractivity contribution in [2.75, 3.05) is 13.1 Å². The monoisotopic (exact) mass is 309 g/mol. The third-order valence-corrected chi connectivity index (χ3v) is 4.41. The molecule has 23 heavy (non-hydrogen) atoms. The molecule has 3 N–H and O–H groups in total. The van der Waals surface area contributed by atoms with Crippen LogP contribution in [-0.2, 0) is 13.2 Å². The summed E-state index contributed by atoms with van der Waals surface area (Å²) >= 11 is 0. The average molecular weight is 309 g/mol. The summed E-state index contributed by atoms with van der Waals surface area (Å²) in [7, 11) is 0. The van der Waals surface area contributed by atoms with Crippen LogP contribution in [0.15, 0.2) is 54.1 Å². The van der Waals surface area contributed by atoms with Crippen molar-refractivity contribution < 1.29 is 10.2 Å². The first-order valence-corrected chi connectivity index (χ1v) is 8.15. The van der Waals surface area contributed by atoms with E-state index < -0.39 is 0 Å². The van der Waals surface area contributed by atoms with Gasteiger partial charge in [-0.15, -0.1) is 0 Å². The average Bonchev–Trinajstić information content (AvgIpc) is 2.64. The summed E-state index contributed by atoms with van der Waals surface area (Å²) < 4.78 is 0. The second kappa shape index (κ2) is 7.55. The van der Waals surface area contributed by atoms with Crippen LogP contribution in [0.1, 0.15) is 35.1 Å². The number of aliphatic hydroxyl groups is 2. The zero-order valence-corrected chi connectivity index (χ0v) is 13.3. The van der Waals surface area contributed by atoms with Gasteiger partial charge in [0.2, 0.25) is 0 Å². The fraction of sp³-hybridized carbons (Fsp3) is 0.300. The Hall–Kier alpha value is -1.94. The lowest BCUT2D eigenvalue weighted by atomic mass is 9.88. The van der Waals surface area contributed by atoms with Gasteiger partial charge in [-0.05, 0) is 53.8 Å². The van der Waals surface area contributed by atoms with Gasteiger partial charge in [0, 0.05) is 0 Å². The molecule has 2 aromatic carbocycles. The van der Waals surface area contributed by atoms with Gasteiger partial charge in [0.05, 0.1) is 13.2 Å². The summed E-state index contributed by atoms with van der Waals surface area (Å²) in [5.41, 5.74) is 7.00. The Morgan fingerprint density at radius 1 is 0.739 bits per heavy atom. The van der Waals surface area contributed by atoms with Gasteiger partial charge in [-0.1, -0.05) is 54.1 Å². The van der Waals surface area contributed by atoms with Gasteiger partial charge < -0.3 is 15.5 Å². The molecule has 120 valence electrons. The number of nitrogens with one attached hydrogen (secondary N) is 1. The predicted molar refractivity (Wildman–Crippen MR) is 92.9 cm³/mol. The number of hydrogen-bond donors (Lipinski definition) is 3. The molecule has 3 rings (SSSR count). The van der Waals surface area contributed by atoms with Crippen LogP contribution >= 0.6 is 0 Å². The van der Waals surface area contributed by atoms with Crippen LogP contribution in [0, 0.1) is 0 Å². The van der Waals surface area contributed by atoms with Gasteiger partial charge in [-0.2, -0.15) is 0 Å². The van der Waals surface area contributed by atoms with Crippen molar-refractivity contribution in [2.45, 2.75) is 26.1 Å². The molecular formula is C20H23NO2. The molecular weight excluding hydrogens is 286 g/mol. The molecule has 3 heteroatoms. The van der Waals surface area contributed by atoms with Gasteiger partial charge in [0.15, 0.2) is 0 Å². The topological polar surface area (TPSA) is 52.5 Å². The molecule has 0 atom stereocenters. The van der Waals surface area contributed by atoms with Crippen LogP contribution in [0.5, 0.6) is 0 Å². The molecule has 0 amide bonds. The van der Waals surface area contributed by atoms with Gasteiger partial charge in [0.1, 0.15) is 0 Å². The molecule has 2 aromatic rings. The van der Waals surface area contributed by atoms with E-state index in [0.29, 0.717) is 0 Å². The van der Waals surface area contributed by atoms with Crippen molar-refractivity contribution in [3.8, 4) is 0 Å². The highest BCUT2D eigenvalue weighted by Gasteiger charge is 2.14. The van der Waals surface area contributed by atoms with E-state index in [1.54, 1.807) is 0 Å². The largest absolute Gasteiger partial charge is 0.392 e. The van der Waals surface area contributed by atoms with E-state index in [1.807, 2.05) is 24.3 Å². The molecule has 0 aromatic heterocycles. The highest BCUT2D eigenvalue weighted by Crippen LogP contribution is 2.31. The minimum atomic E-state index is 0.0707. The minimum Gasteiger partial charge on any atom is -0.392 e. The molecule has 1 fully saturated rings. The first-order chi connectivity index (χ1) is 11.3. The lowest BCUT2D eigenvalue weighted by molar-refractivity contribution is 0.281. The van der Waals surface area contributed by atoms with Crippen LogP contribution < -0.4 is 5.32 Å². The molecule has 1 aliphatic heterocycles. The number of piperidine rings is 1. The van der Waals surface area contributed by atoms with E-state index in [0.717, 1.165) is 37.1 Å². The Bertz CT molecular complexity index is 614. The first kappa shape index (κ1) is 15.9. The lowest BCUT2D eigenvalue weighted by Gasteiger charge is -2.21. The molecule has 1 aliphatic rings. The summed E-state index contributed by atoms with van der Waals surface area (Å²) in [6.45, 7) is 2.17. The maximum absolute atomic E-state index is 9.25. The lowest BCUT2D eigenvalue weighted by Crippen LogP contribution is -2.23. The van der Waals surface area contributed by atoms with Crippen LogP contribution in [0.2, 0.25) is 0 Å². The predicted octanol–water partition coefficient (Wildman–Crippen LogP) is 2.86.